The first kappa shape index (κ1) is 17.9. The zero-order valence-corrected chi connectivity index (χ0v) is 12.8. The molecular formula is C15H27NO5. The Morgan fingerprint density at radius 3 is 2.76 bits per heavy atom. The van der Waals surface area contributed by atoms with E-state index in [-0.39, 0.29) is 35.8 Å². The Labute approximate surface area is 126 Å². The lowest BCUT2D eigenvalue weighted by molar-refractivity contribution is -0.538. The van der Waals surface area contributed by atoms with E-state index in [1.807, 2.05) is 6.92 Å². The average molecular weight is 301 g/mol. The van der Waals surface area contributed by atoms with E-state index in [0.29, 0.717) is 19.4 Å². The van der Waals surface area contributed by atoms with Crippen molar-refractivity contribution in [1.29, 1.82) is 0 Å². The fraction of sp³-hybridized carbons (Fsp3) is 0.933. The van der Waals surface area contributed by atoms with Crippen LogP contribution in [0.4, 0.5) is 0 Å². The zero-order valence-electron chi connectivity index (χ0n) is 12.8. The molecule has 0 aromatic rings. The van der Waals surface area contributed by atoms with E-state index in [2.05, 4.69) is 0 Å². The second-order valence-corrected chi connectivity index (χ2v) is 5.86. The Morgan fingerprint density at radius 2 is 2.14 bits per heavy atom. The maximum Gasteiger partial charge on any atom is 0.305 e. The number of hydrogen-bond donors (Lipinski definition) is 1. The van der Waals surface area contributed by atoms with Crippen molar-refractivity contribution in [3.05, 3.63) is 10.1 Å². The number of nitrogens with zero attached hydrogens (tertiary/aromatic N) is 1. The monoisotopic (exact) mass is 301 g/mol. The molecule has 1 N–H and O–H groups in total. The second kappa shape index (κ2) is 9.71. The van der Waals surface area contributed by atoms with Crippen LogP contribution in [0.1, 0.15) is 58.3 Å². The lowest BCUT2D eigenvalue weighted by atomic mass is 9.75. The van der Waals surface area contributed by atoms with Crippen LogP contribution in [0.2, 0.25) is 0 Å². The maximum atomic E-state index is 11.6. The Morgan fingerprint density at radius 1 is 1.43 bits per heavy atom. The number of carbonyl (C=O) groups is 1. The third-order valence-corrected chi connectivity index (χ3v) is 4.37. The number of aliphatic hydroxyl groups excluding tert-OH is 1. The molecule has 1 aliphatic rings. The summed E-state index contributed by atoms with van der Waals surface area (Å²) >= 11 is 0. The van der Waals surface area contributed by atoms with Gasteiger partial charge in [0.25, 0.3) is 0 Å². The van der Waals surface area contributed by atoms with Gasteiger partial charge in [0, 0.05) is 30.3 Å². The number of aliphatic hydroxyl groups is 1. The fourth-order valence-electron chi connectivity index (χ4n) is 3.10. The van der Waals surface area contributed by atoms with Crippen molar-refractivity contribution >= 4 is 5.97 Å². The molecule has 0 aromatic heterocycles. The highest BCUT2D eigenvalue weighted by atomic mass is 16.6. The van der Waals surface area contributed by atoms with E-state index < -0.39 is 6.04 Å². The second-order valence-electron chi connectivity index (χ2n) is 5.86. The lowest BCUT2D eigenvalue weighted by Crippen LogP contribution is -2.38. The molecule has 6 nitrogen and oxygen atoms in total. The van der Waals surface area contributed by atoms with Crippen LogP contribution in [0.3, 0.4) is 0 Å². The quantitative estimate of drug-likeness (QED) is 0.306. The van der Waals surface area contributed by atoms with E-state index in [9.17, 15) is 20.0 Å². The number of nitro groups is 1. The molecule has 21 heavy (non-hydrogen) atoms. The molecule has 0 saturated heterocycles. The van der Waals surface area contributed by atoms with Gasteiger partial charge in [0.15, 0.2) is 0 Å². The average Bonchev–Trinajstić information content (AvgIpc) is 2.48. The van der Waals surface area contributed by atoms with Gasteiger partial charge in [-0.25, -0.2) is 0 Å². The Hall–Kier alpha value is -1.17. The topological polar surface area (TPSA) is 89.7 Å². The minimum absolute atomic E-state index is 0.1000. The van der Waals surface area contributed by atoms with Gasteiger partial charge >= 0.3 is 5.97 Å². The minimum atomic E-state index is -0.577. The molecule has 0 spiro atoms. The molecule has 1 aliphatic carbocycles. The van der Waals surface area contributed by atoms with E-state index in [1.54, 1.807) is 0 Å². The molecule has 0 radical (unpaired) electrons. The molecule has 3 atom stereocenters. The highest BCUT2D eigenvalue weighted by Crippen LogP contribution is 2.34. The van der Waals surface area contributed by atoms with Crippen LogP contribution in [0, 0.1) is 22.0 Å². The normalized spacial score (nSPS) is 23.5. The first-order valence-electron chi connectivity index (χ1n) is 8.00. The molecule has 0 aromatic carbocycles. The Kier molecular flexibility index (Phi) is 8.27. The van der Waals surface area contributed by atoms with Gasteiger partial charge in [0.2, 0.25) is 6.04 Å². The van der Waals surface area contributed by atoms with Crippen LogP contribution in [-0.2, 0) is 9.53 Å². The van der Waals surface area contributed by atoms with Crippen molar-refractivity contribution in [3.63, 3.8) is 0 Å². The van der Waals surface area contributed by atoms with Crippen LogP contribution in [-0.4, -0.2) is 35.3 Å². The van der Waals surface area contributed by atoms with Gasteiger partial charge in [-0.15, -0.1) is 0 Å². The number of hydrogen-bond acceptors (Lipinski definition) is 5. The summed E-state index contributed by atoms with van der Waals surface area (Å²) in [4.78, 5) is 22.5. The van der Waals surface area contributed by atoms with Crippen LogP contribution < -0.4 is 0 Å². The molecule has 122 valence electrons. The SMILES string of the molecule is CCCCOC(=O)CC[C@@H](CO)[C@H]1CCCC[C@H]1[N+](=O)[O-]. The molecule has 0 amide bonds. The summed E-state index contributed by atoms with van der Waals surface area (Å²) in [6.45, 7) is 2.35. The van der Waals surface area contributed by atoms with Gasteiger partial charge in [-0.3, -0.25) is 14.9 Å². The van der Waals surface area contributed by atoms with E-state index in [4.69, 9.17) is 4.74 Å². The number of esters is 1. The van der Waals surface area contributed by atoms with Crippen LogP contribution in [0.15, 0.2) is 0 Å². The molecule has 1 rings (SSSR count). The summed E-state index contributed by atoms with van der Waals surface area (Å²) in [5.41, 5.74) is 0. The molecule has 1 fully saturated rings. The summed E-state index contributed by atoms with van der Waals surface area (Å²) in [5, 5.41) is 20.7. The number of unbranched alkanes of at least 4 members (excludes halogenated alkanes) is 1. The Balaban J connectivity index is 2.45. The van der Waals surface area contributed by atoms with Gasteiger partial charge in [-0.2, -0.15) is 0 Å². The van der Waals surface area contributed by atoms with Gasteiger partial charge in [0.05, 0.1) is 6.61 Å². The van der Waals surface area contributed by atoms with E-state index >= 15 is 0 Å². The first-order valence-corrected chi connectivity index (χ1v) is 8.00. The van der Waals surface area contributed by atoms with E-state index in [0.717, 1.165) is 32.1 Å². The minimum Gasteiger partial charge on any atom is -0.466 e. The van der Waals surface area contributed by atoms with Crippen LogP contribution >= 0.6 is 0 Å². The van der Waals surface area contributed by atoms with Crippen molar-refractivity contribution in [1.82, 2.24) is 0 Å². The molecule has 0 heterocycles. The maximum absolute atomic E-state index is 11.6. The van der Waals surface area contributed by atoms with Crippen LogP contribution in [0.25, 0.3) is 0 Å². The largest absolute Gasteiger partial charge is 0.466 e. The smallest absolute Gasteiger partial charge is 0.305 e. The number of rotatable bonds is 9. The number of carbonyl (C=O) groups excluding carboxylic acids is 1. The highest BCUT2D eigenvalue weighted by molar-refractivity contribution is 5.69. The van der Waals surface area contributed by atoms with Crippen molar-refractivity contribution in [3.8, 4) is 0 Å². The summed E-state index contributed by atoms with van der Waals surface area (Å²) in [6.07, 6.45) is 5.70. The molecule has 1 saturated carbocycles. The van der Waals surface area contributed by atoms with E-state index in [1.165, 1.54) is 0 Å². The van der Waals surface area contributed by atoms with Gasteiger partial charge in [0.1, 0.15) is 0 Å². The van der Waals surface area contributed by atoms with Gasteiger partial charge in [-0.1, -0.05) is 19.8 Å². The number of ether oxygens (including phenoxy) is 1. The molecule has 0 unspecified atom stereocenters. The van der Waals surface area contributed by atoms with Gasteiger partial charge < -0.3 is 9.84 Å². The van der Waals surface area contributed by atoms with Crippen LogP contribution in [0.5, 0.6) is 0 Å². The summed E-state index contributed by atoms with van der Waals surface area (Å²) in [5.74, 6) is -0.572. The van der Waals surface area contributed by atoms with Crippen molar-refractivity contribution in [2.45, 2.75) is 64.3 Å². The van der Waals surface area contributed by atoms with Gasteiger partial charge in [-0.05, 0) is 31.6 Å². The molecule has 0 aliphatic heterocycles. The molecular weight excluding hydrogens is 274 g/mol. The highest BCUT2D eigenvalue weighted by Gasteiger charge is 2.38. The zero-order chi connectivity index (χ0) is 15.7. The predicted octanol–water partition coefficient (Wildman–Crippen LogP) is 2.55. The van der Waals surface area contributed by atoms with Crippen molar-refractivity contribution in [2.24, 2.45) is 11.8 Å². The molecule has 0 bridgehead atoms. The summed E-state index contributed by atoms with van der Waals surface area (Å²) in [7, 11) is 0. The standard InChI is InChI=1S/C15H27NO5/c1-2-3-10-21-15(18)9-8-12(11-17)13-6-4-5-7-14(13)16(19)20/h12-14,17H,2-11H2,1H3/t12-,13+,14+/m0/s1. The third-order valence-electron chi connectivity index (χ3n) is 4.37. The summed E-state index contributed by atoms with van der Waals surface area (Å²) < 4.78 is 5.08. The van der Waals surface area contributed by atoms with Crippen molar-refractivity contribution in [2.75, 3.05) is 13.2 Å². The fourth-order valence-corrected chi connectivity index (χ4v) is 3.10. The summed E-state index contributed by atoms with van der Waals surface area (Å²) in [6, 6.07) is -0.577. The predicted molar refractivity (Wildman–Crippen MR) is 78.4 cm³/mol. The third kappa shape index (κ3) is 5.99. The molecule has 6 heteroatoms. The van der Waals surface area contributed by atoms with Crippen molar-refractivity contribution < 1.29 is 19.6 Å². The Bertz CT molecular complexity index is 334. The lowest BCUT2D eigenvalue weighted by Gasteiger charge is -2.31. The first-order chi connectivity index (χ1) is 10.1.